The normalized spacial score (nSPS) is 11.8. The van der Waals surface area contributed by atoms with Gasteiger partial charge >= 0.3 is 5.97 Å². The molecule has 25 heavy (non-hydrogen) atoms. The lowest BCUT2D eigenvalue weighted by molar-refractivity contribution is 0.0526. The standard InChI is InChI=1S/C18H21N3O3S/c1-4-12-6-8-13(9-7-12)15(22)11(3)25-18-20-10-14(16(19)21-18)17(23)24-5-2/h6-11H,4-5H2,1-3H3,(H2,19,20,21). The number of benzene rings is 1. The Morgan fingerprint density at radius 2 is 1.92 bits per heavy atom. The second-order valence-electron chi connectivity index (χ2n) is 5.35. The van der Waals surface area contributed by atoms with Gasteiger partial charge in [-0.3, -0.25) is 4.79 Å². The molecule has 1 unspecified atom stereocenters. The zero-order valence-electron chi connectivity index (χ0n) is 14.5. The van der Waals surface area contributed by atoms with E-state index in [1.165, 1.54) is 23.5 Å². The Morgan fingerprint density at radius 3 is 2.48 bits per heavy atom. The van der Waals surface area contributed by atoms with E-state index < -0.39 is 5.97 Å². The number of aromatic nitrogens is 2. The third kappa shape index (κ3) is 4.79. The van der Waals surface area contributed by atoms with Crippen LogP contribution in [0.15, 0.2) is 35.6 Å². The fourth-order valence-corrected chi connectivity index (χ4v) is 2.98. The number of thioether (sulfide) groups is 1. The highest BCUT2D eigenvalue weighted by atomic mass is 32.2. The first kappa shape index (κ1) is 18.9. The quantitative estimate of drug-likeness (QED) is 0.351. The predicted molar refractivity (Wildman–Crippen MR) is 97.9 cm³/mol. The highest BCUT2D eigenvalue weighted by molar-refractivity contribution is 8.00. The molecule has 0 aliphatic rings. The van der Waals surface area contributed by atoms with Gasteiger partial charge in [-0.1, -0.05) is 43.0 Å². The molecule has 0 saturated heterocycles. The molecule has 2 N–H and O–H groups in total. The molecule has 2 aromatic rings. The molecule has 0 saturated carbocycles. The number of carbonyl (C=O) groups excluding carboxylic acids is 2. The zero-order valence-corrected chi connectivity index (χ0v) is 15.3. The number of nitrogens with zero attached hydrogens (tertiary/aromatic N) is 2. The van der Waals surface area contributed by atoms with Crippen molar-refractivity contribution in [3.05, 3.63) is 47.2 Å². The summed E-state index contributed by atoms with van der Waals surface area (Å²) >= 11 is 1.20. The minimum atomic E-state index is -0.559. The number of hydrogen-bond acceptors (Lipinski definition) is 7. The minimum absolute atomic E-state index is 0.00991. The third-order valence-corrected chi connectivity index (χ3v) is 4.56. The second kappa shape index (κ2) is 8.62. The van der Waals surface area contributed by atoms with Gasteiger partial charge in [0.2, 0.25) is 0 Å². The van der Waals surface area contributed by atoms with Crippen molar-refractivity contribution in [3.8, 4) is 0 Å². The van der Waals surface area contributed by atoms with Crippen LogP contribution in [0.5, 0.6) is 0 Å². The maximum atomic E-state index is 12.5. The average molecular weight is 359 g/mol. The summed E-state index contributed by atoms with van der Waals surface area (Å²) in [6.45, 7) is 5.81. The minimum Gasteiger partial charge on any atom is -0.462 e. The summed E-state index contributed by atoms with van der Waals surface area (Å²) in [5.74, 6) is -0.524. The number of rotatable bonds is 7. The van der Waals surface area contributed by atoms with Crippen LogP contribution in [0.2, 0.25) is 0 Å². The van der Waals surface area contributed by atoms with Crippen molar-refractivity contribution in [2.24, 2.45) is 0 Å². The third-order valence-electron chi connectivity index (χ3n) is 3.59. The number of aryl methyl sites for hydroxylation is 1. The van der Waals surface area contributed by atoms with Crippen molar-refractivity contribution in [3.63, 3.8) is 0 Å². The van der Waals surface area contributed by atoms with Crippen molar-refractivity contribution in [1.29, 1.82) is 0 Å². The summed E-state index contributed by atoms with van der Waals surface area (Å²) < 4.78 is 4.88. The van der Waals surface area contributed by atoms with Gasteiger partial charge in [0.15, 0.2) is 10.9 Å². The highest BCUT2D eigenvalue weighted by Crippen LogP contribution is 2.24. The fourth-order valence-electron chi connectivity index (χ4n) is 2.15. The molecule has 0 aliphatic carbocycles. The Hall–Kier alpha value is -2.41. The van der Waals surface area contributed by atoms with Gasteiger partial charge in [-0.05, 0) is 25.8 Å². The number of anilines is 1. The van der Waals surface area contributed by atoms with E-state index in [0.717, 1.165) is 6.42 Å². The Labute approximate surface area is 151 Å². The summed E-state index contributed by atoms with van der Waals surface area (Å²) in [5.41, 5.74) is 7.75. The molecule has 6 nitrogen and oxygen atoms in total. The molecule has 0 bridgehead atoms. The monoisotopic (exact) mass is 359 g/mol. The van der Waals surface area contributed by atoms with Crippen molar-refractivity contribution >= 4 is 29.3 Å². The number of hydrogen-bond donors (Lipinski definition) is 1. The molecule has 0 fully saturated rings. The van der Waals surface area contributed by atoms with Gasteiger partial charge in [0.25, 0.3) is 0 Å². The smallest absolute Gasteiger partial charge is 0.343 e. The van der Waals surface area contributed by atoms with E-state index in [4.69, 9.17) is 10.5 Å². The van der Waals surface area contributed by atoms with Crippen molar-refractivity contribution in [2.75, 3.05) is 12.3 Å². The van der Waals surface area contributed by atoms with Gasteiger partial charge in [-0.2, -0.15) is 0 Å². The lowest BCUT2D eigenvalue weighted by atomic mass is 10.1. The van der Waals surface area contributed by atoms with Crippen LogP contribution in [0.3, 0.4) is 0 Å². The number of nitrogens with two attached hydrogens (primary N) is 1. The average Bonchev–Trinajstić information content (AvgIpc) is 2.61. The van der Waals surface area contributed by atoms with Gasteiger partial charge in [0.05, 0.1) is 11.9 Å². The lowest BCUT2D eigenvalue weighted by Gasteiger charge is -2.11. The zero-order chi connectivity index (χ0) is 18.4. The van der Waals surface area contributed by atoms with Gasteiger partial charge in [-0.25, -0.2) is 14.8 Å². The summed E-state index contributed by atoms with van der Waals surface area (Å²) in [6, 6.07) is 7.56. The van der Waals surface area contributed by atoms with E-state index in [9.17, 15) is 9.59 Å². The molecular weight excluding hydrogens is 338 g/mol. The topological polar surface area (TPSA) is 95.2 Å². The molecule has 1 aromatic heterocycles. The van der Waals surface area contributed by atoms with Gasteiger partial charge in [0, 0.05) is 11.8 Å². The number of carbonyl (C=O) groups is 2. The summed E-state index contributed by atoms with van der Waals surface area (Å²) in [5, 5.41) is -0.0307. The SMILES string of the molecule is CCOC(=O)c1cnc(SC(C)C(=O)c2ccc(CC)cc2)nc1N. The number of nitrogen functional groups attached to an aromatic ring is 1. The second-order valence-corrected chi connectivity index (χ2v) is 6.65. The first-order valence-electron chi connectivity index (χ1n) is 8.05. The molecule has 132 valence electrons. The highest BCUT2D eigenvalue weighted by Gasteiger charge is 2.20. The lowest BCUT2D eigenvalue weighted by Crippen LogP contribution is -2.15. The van der Waals surface area contributed by atoms with Gasteiger partial charge in [-0.15, -0.1) is 0 Å². The van der Waals surface area contributed by atoms with Crippen LogP contribution >= 0.6 is 11.8 Å². The number of esters is 1. The Kier molecular flexibility index (Phi) is 6.52. The molecule has 0 aliphatic heterocycles. The molecule has 1 atom stereocenters. The molecule has 2 rings (SSSR count). The molecule has 1 aromatic carbocycles. The van der Waals surface area contributed by atoms with Crippen molar-refractivity contribution < 1.29 is 14.3 Å². The molecule has 7 heteroatoms. The number of ketones is 1. The van der Waals surface area contributed by atoms with Crippen LogP contribution in [-0.2, 0) is 11.2 Å². The summed E-state index contributed by atoms with van der Waals surface area (Å²) in [7, 11) is 0. The molecule has 1 heterocycles. The molecule has 0 spiro atoms. The van der Waals surface area contributed by atoms with Gasteiger partial charge < -0.3 is 10.5 Å². The number of Topliss-reactive ketones (excluding diaryl/α,β-unsaturated/α-hetero) is 1. The van der Waals surface area contributed by atoms with Crippen molar-refractivity contribution in [2.45, 2.75) is 37.6 Å². The van der Waals surface area contributed by atoms with E-state index in [1.807, 2.05) is 24.3 Å². The fraction of sp³-hybridized carbons (Fsp3) is 0.333. The van der Waals surface area contributed by atoms with E-state index in [0.29, 0.717) is 10.7 Å². The van der Waals surface area contributed by atoms with Gasteiger partial charge in [0.1, 0.15) is 11.4 Å². The van der Waals surface area contributed by atoms with Crippen LogP contribution in [0.1, 0.15) is 47.1 Å². The Bertz CT molecular complexity index is 763. The predicted octanol–water partition coefficient (Wildman–Crippen LogP) is 3.16. The first-order valence-corrected chi connectivity index (χ1v) is 8.93. The number of ether oxygens (including phenoxy) is 1. The van der Waals surface area contributed by atoms with Crippen LogP contribution < -0.4 is 5.73 Å². The van der Waals surface area contributed by atoms with E-state index in [-0.39, 0.29) is 29.0 Å². The Balaban J connectivity index is 2.08. The van der Waals surface area contributed by atoms with Crippen molar-refractivity contribution in [1.82, 2.24) is 9.97 Å². The van der Waals surface area contributed by atoms with E-state index in [2.05, 4.69) is 16.9 Å². The maximum absolute atomic E-state index is 12.5. The largest absolute Gasteiger partial charge is 0.462 e. The van der Waals surface area contributed by atoms with Crippen LogP contribution in [0, 0.1) is 0 Å². The molecular formula is C18H21N3O3S. The summed E-state index contributed by atoms with van der Waals surface area (Å²) in [6.07, 6.45) is 2.26. The molecule has 0 amide bonds. The van der Waals surface area contributed by atoms with Crippen LogP contribution in [-0.4, -0.2) is 33.6 Å². The van der Waals surface area contributed by atoms with E-state index >= 15 is 0 Å². The molecule has 0 radical (unpaired) electrons. The van der Waals surface area contributed by atoms with Crippen LogP contribution in [0.4, 0.5) is 5.82 Å². The Morgan fingerprint density at radius 1 is 1.24 bits per heavy atom. The first-order chi connectivity index (χ1) is 12.0. The summed E-state index contributed by atoms with van der Waals surface area (Å²) in [4.78, 5) is 32.4. The maximum Gasteiger partial charge on any atom is 0.343 e. The van der Waals surface area contributed by atoms with E-state index in [1.54, 1.807) is 13.8 Å². The van der Waals surface area contributed by atoms with Crippen LogP contribution in [0.25, 0.3) is 0 Å².